The fraction of sp³-hybridized carbons (Fsp3) is 0.500. The van der Waals surface area contributed by atoms with Gasteiger partial charge in [-0.2, -0.15) is 0 Å². The van der Waals surface area contributed by atoms with E-state index in [1.807, 2.05) is 31.2 Å². The second kappa shape index (κ2) is 9.36. The number of alkyl halides is 1. The summed E-state index contributed by atoms with van der Waals surface area (Å²) in [5.41, 5.74) is 1.24. The topological polar surface area (TPSA) is 0 Å². The molecule has 0 aromatic heterocycles. The Balaban J connectivity index is 0.000000255. The first kappa shape index (κ1) is 13.8. The molecule has 0 spiro atoms. The molecule has 1 aromatic carbocycles. The van der Waals surface area contributed by atoms with Crippen LogP contribution in [0.4, 0.5) is 0 Å². The Morgan fingerprint density at radius 1 is 1.07 bits per heavy atom. The van der Waals surface area contributed by atoms with Crippen LogP contribution in [0.1, 0.15) is 31.7 Å². The van der Waals surface area contributed by atoms with Crippen molar-refractivity contribution < 1.29 is 0 Å². The SMILES string of the molecule is CCCCCCl.Cc1ccc(Cl)cc1. The zero-order chi connectivity index (χ0) is 10.8. The van der Waals surface area contributed by atoms with Gasteiger partial charge in [0.05, 0.1) is 0 Å². The minimum atomic E-state index is 0.801. The molecular formula is C12H18Cl2. The van der Waals surface area contributed by atoms with Gasteiger partial charge in [-0.05, 0) is 25.5 Å². The van der Waals surface area contributed by atoms with Gasteiger partial charge in [0.15, 0.2) is 0 Å². The second-order valence-electron chi connectivity index (χ2n) is 3.19. The van der Waals surface area contributed by atoms with Crippen molar-refractivity contribution in [2.45, 2.75) is 33.1 Å². The van der Waals surface area contributed by atoms with Crippen molar-refractivity contribution in [2.24, 2.45) is 0 Å². The first-order chi connectivity index (χ1) is 6.70. The average Bonchev–Trinajstić information content (AvgIpc) is 2.20. The van der Waals surface area contributed by atoms with E-state index >= 15 is 0 Å². The Labute approximate surface area is 97.2 Å². The molecule has 0 unspecified atom stereocenters. The molecule has 80 valence electrons. The minimum Gasteiger partial charge on any atom is -0.127 e. The molecule has 14 heavy (non-hydrogen) atoms. The van der Waals surface area contributed by atoms with Gasteiger partial charge in [0.1, 0.15) is 0 Å². The maximum absolute atomic E-state index is 5.61. The maximum Gasteiger partial charge on any atom is 0.0406 e. The van der Waals surface area contributed by atoms with E-state index in [0.29, 0.717) is 0 Å². The Morgan fingerprint density at radius 2 is 1.64 bits per heavy atom. The molecule has 0 radical (unpaired) electrons. The number of hydrogen-bond acceptors (Lipinski definition) is 0. The summed E-state index contributed by atoms with van der Waals surface area (Å²) in [4.78, 5) is 0. The number of benzene rings is 1. The molecule has 0 N–H and O–H groups in total. The minimum absolute atomic E-state index is 0.801. The summed E-state index contributed by atoms with van der Waals surface area (Å²) < 4.78 is 0. The fourth-order valence-corrected chi connectivity index (χ4v) is 1.19. The fourth-order valence-electron chi connectivity index (χ4n) is 0.878. The van der Waals surface area contributed by atoms with Gasteiger partial charge in [-0.1, -0.05) is 49.1 Å². The van der Waals surface area contributed by atoms with E-state index in [1.54, 1.807) is 0 Å². The summed E-state index contributed by atoms with van der Waals surface area (Å²) in [7, 11) is 0. The quantitative estimate of drug-likeness (QED) is 0.505. The van der Waals surface area contributed by atoms with E-state index in [2.05, 4.69) is 6.92 Å². The van der Waals surface area contributed by atoms with E-state index in [9.17, 15) is 0 Å². The summed E-state index contributed by atoms with van der Waals surface area (Å²) in [5.74, 6) is 0.827. The molecule has 0 fully saturated rings. The van der Waals surface area contributed by atoms with Crippen molar-refractivity contribution in [3.05, 3.63) is 34.9 Å². The molecule has 0 bridgehead atoms. The molecule has 0 amide bonds. The van der Waals surface area contributed by atoms with Gasteiger partial charge in [0.25, 0.3) is 0 Å². The Bertz CT molecular complexity index is 191. The highest BCUT2D eigenvalue weighted by atomic mass is 35.5. The van der Waals surface area contributed by atoms with Crippen molar-refractivity contribution in [1.82, 2.24) is 0 Å². The van der Waals surface area contributed by atoms with Crippen LogP contribution in [0.3, 0.4) is 0 Å². The maximum atomic E-state index is 5.61. The van der Waals surface area contributed by atoms with Crippen LogP contribution in [0.15, 0.2) is 24.3 Å². The number of unbranched alkanes of at least 4 members (excludes halogenated alkanes) is 2. The summed E-state index contributed by atoms with van der Waals surface area (Å²) >= 11 is 11.0. The van der Waals surface area contributed by atoms with Gasteiger partial charge in [0, 0.05) is 10.9 Å². The number of aryl methyl sites for hydroxylation is 1. The third kappa shape index (κ3) is 8.40. The average molecular weight is 233 g/mol. The molecular weight excluding hydrogens is 215 g/mol. The van der Waals surface area contributed by atoms with E-state index in [4.69, 9.17) is 23.2 Å². The van der Waals surface area contributed by atoms with Gasteiger partial charge in [-0.15, -0.1) is 11.6 Å². The van der Waals surface area contributed by atoms with Crippen LogP contribution < -0.4 is 0 Å². The molecule has 0 aliphatic heterocycles. The molecule has 0 aliphatic rings. The van der Waals surface area contributed by atoms with Crippen LogP contribution in [0.5, 0.6) is 0 Å². The monoisotopic (exact) mass is 232 g/mol. The zero-order valence-electron chi connectivity index (χ0n) is 8.89. The number of halogens is 2. The number of rotatable bonds is 3. The standard InChI is InChI=1S/C7H7Cl.C5H11Cl/c1-6-2-4-7(8)5-3-6;1-2-3-4-5-6/h2-5H,1H3;2-5H2,1H3. The Hall–Kier alpha value is -0.200. The third-order valence-corrected chi connectivity index (χ3v) is 2.27. The van der Waals surface area contributed by atoms with E-state index in [1.165, 1.54) is 24.8 Å². The molecule has 0 aliphatic carbocycles. The Morgan fingerprint density at radius 3 is 1.93 bits per heavy atom. The molecule has 0 saturated carbocycles. The van der Waals surface area contributed by atoms with Crippen LogP contribution in [0.2, 0.25) is 5.02 Å². The van der Waals surface area contributed by atoms with Crippen LogP contribution >= 0.6 is 23.2 Å². The molecule has 2 heteroatoms. The lowest BCUT2D eigenvalue weighted by molar-refractivity contribution is 0.776. The lowest BCUT2D eigenvalue weighted by Crippen LogP contribution is -1.70. The normalized spacial score (nSPS) is 9.14. The zero-order valence-corrected chi connectivity index (χ0v) is 10.4. The first-order valence-electron chi connectivity index (χ1n) is 4.98. The van der Waals surface area contributed by atoms with Crippen molar-refractivity contribution in [3.63, 3.8) is 0 Å². The van der Waals surface area contributed by atoms with Crippen LogP contribution in [0.25, 0.3) is 0 Å². The van der Waals surface area contributed by atoms with E-state index in [0.717, 1.165) is 10.9 Å². The highest BCUT2D eigenvalue weighted by Gasteiger charge is 1.81. The van der Waals surface area contributed by atoms with Gasteiger partial charge in [0.2, 0.25) is 0 Å². The molecule has 1 rings (SSSR count). The van der Waals surface area contributed by atoms with Gasteiger partial charge >= 0.3 is 0 Å². The highest BCUT2D eigenvalue weighted by molar-refractivity contribution is 6.30. The molecule has 0 atom stereocenters. The van der Waals surface area contributed by atoms with Crippen LogP contribution in [-0.4, -0.2) is 5.88 Å². The van der Waals surface area contributed by atoms with E-state index < -0.39 is 0 Å². The van der Waals surface area contributed by atoms with Gasteiger partial charge in [-0.25, -0.2) is 0 Å². The molecule has 0 saturated heterocycles. The predicted molar refractivity (Wildman–Crippen MR) is 66.4 cm³/mol. The third-order valence-electron chi connectivity index (χ3n) is 1.75. The lowest BCUT2D eigenvalue weighted by Gasteiger charge is -1.88. The summed E-state index contributed by atoms with van der Waals surface area (Å²) in [6.07, 6.45) is 3.73. The largest absolute Gasteiger partial charge is 0.127 e. The van der Waals surface area contributed by atoms with Crippen molar-refractivity contribution >= 4 is 23.2 Å². The second-order valence-corrected chi connectivity index (χ2v) is 4.01. The van der Waals surface area contributed by atoms with Crippen molar-refractivity contribution in [1.29, 1.82) is 0 Å². The molecule has 0 heterocycles. The smallest absolute Gasteiger partial charge is 0.0406 e. The van der Waals surface area contributed by atoms with Gasteiger partial charge < -0.3 is 0 Å². The number of hydrogen-bond donors (Lipinski definition) is 0. The Kier molecular flexibility index (Phi) is 9.23. The summed E-state index contributed by atoms with van der Waals surface area (Å²) in [6, 6.07) is 7.75. The lowest BCUT2D eigenvalue weighted by atomic mass is 10.2. The highest BCUT2D eigenvalue weighted by Crippen LogP contribution is 2.07. The van der Waals surface area contributed by atoms with Crippen molar-refractivity contribution in [3.8, 4) is 0 Å². The van der Waals surface area contributed by atoms with Crippen molar-refractivity contribution in [2.75, 3.05) is 5.88 Å². The molecule has 1 aromatic rings. The van der Waals surface area contributed by atoms with Gasteiger partial charge in [-0.3, -0.25) is 0 Å². The van der Waals surface area contributed by atoms with Crippen LogP contribution in [0, 0.1) is 6.92 Å². The predicted octanol–water partition coefficient (Wildman–Crippen LogP) is 5.06. The first-order valence-corrected chi connectivity index (χ1v) is 5.90. The molecule has 0 nitrogen and oxygen atoms in total. The van der Waals surface area contributed by atoms with E-state index in [-0.39, 0.29) is 0 Å². The summed E-state index contributed by atoms with van der Waals surface area (Å²) in [6.45, 7) is 4.21. The summed E-state index contributed by atoms with van der Waals surface area (Å²) in [5, 5.41) is 0.801. The van der Waals surface area contributed by atoms with Crippen LogP contribution in [-0.2, 0) is 0 Å².